The second kappa shape index (κ2) is 9.48. The molecule has 19 heavy (non-hydrogen) atoms. The predicted molar refractivity (Wildman–Crippen MR) is 89.3 cm³/mol. The molecule has 0 aliphatic heterocycles. The molecule has 0 rings (SSSR count). The summed E-state index contributed by atoms with van der Waals surface area (Å²) in [4.78, 5) is 6.71. The minimum atomic E-state index is 0.224. The van der Waals surface area contributed by atoms with Crippen molar-refractivity contribution in [3.05, 3.63) is 0 Å². The zero-order valence-corrected chi connectivity index (χ0v) is 14.5. The first-order valence-corrected chi connectivity index (χ1v) is 8.36. The van der Waals surface area contributed by atoms with Gasteiger partial charge in [0.2, 0.25) is 0 Å². The van der Waals surface area contributed by atoms with Gasteiger partial charge in [0, 0.05) is 30.9 Å². The summed E-state index contributed by atoms with van der Waals surface area (Å²) in [5, 5.41) is 6.79. The summed E-state index contributed by atoms with van der Waals surface area (Å²) in [7, 11) is 1.82. The van der Waals surface area contributed by atoms with Crippen molar-refractivity contribution >= 4 is 17.7 Å². The van der Waals surface area contributed by atoms with Gasteiger partial charge in [-0.05, 0) is 40.1 Å². The van der Waals surface area contributed by atoms with Crippen molar-refractivity contribution < 1.29 is 0 Å². The lowest BCUT2D eigenvalue weighted by Gasteiger charge is -2.28. The van der Waals surface area contributed by atoms with E-state index < -0.39 is 0 Å². The molecule has 0 aliphatic rings. The summed E-state index contributed by atoms with van der Waals surface area (Å²) in [6.45, 7) is 15.1. The number of rotatable bonds is 8. The van der Waals surface area contributed by atoms with Crippen LogP contribution in [0.15, 0.2) is 4.99 Å². The smallest absolute Gasteiger partial charge is 0.191 e. The molecule has 4 nitrogen and oxygen atoms in total. The molecule has 0 heterocycles. The average Bonchev–Trinajstić information content (AvgIpc) is 2.40. The van der Waals surface area contributed by atoms with Crippen LogP contribution < -0.4 is 10.6 Å². The van der Waals surface area contributed by atoms with Gasteiger partial charge >= 0.3 is 0 Å². The van der Waals surface area contributed by atoms with E-state index in [1.165, 1.54) is 0 Å². The fraction of sp³-hybridized carbons (Fsp3) is 0.929. The largest absolute Gasteiger partial charge is 0.355 e. The van der Waals surface area contributed by atoms with E-state index in [0.29, 0.717) is 6.04 Å². The van der Waals surface area contributed by atoms with E-state index in [-0.39, 0.29) is 4.75 Å². The molecule has 0 saturated carbocycles. The van der Waals surface area contributed by atoms with E-state index >= 15 is 0 Å². The molecular formula is C14H32N4S. The van der Waals surface area contributed by atoms with E-state index in [9.17, 15) is 0 Å². The fourth-order valence-corrected chi connectivity index (χ4v) is 2.03. The Labute approximate surface area is 123 Å². The third kappa shape index (κ3) is 7.67. The van der Waals surface area contributed by atoms with Crippen LogP contribution in [0.4, 0.5) is 0 Å². The Hall–Kier alpha value is -0.420. The summed E-state index contributed by atoms with van der Waals surface area (Å²) in [5.74, 6) is 0.890. The lowest BCUT2D eigenvalue weighted by atomic mass is 10.2. The van der Waals surface area contributed by atoms with E-state index in [2.05, 4.69) is 61.4 Å². The van der Waals surface area contributed by atoms with E-state index in [1.54, 1.807) is 0 Å². The number of nitrogens with one attached hydrogen (secondary N) is 2. The number of aliphatic imine (C=N–C) groups is 1. The summed E-state index contributed by atoms with van der Waals surface area (Å²) in [6.07, 6.45) is 2.14. The van der Waals surface area contributed by atoms with Gasteiger partial charge in [0.05, 0.1) is 0 Å². The maximum Gasteiger partial charge on any atom is 0.191 e. The van der Waals surface area contributed by atoms with Crippen LogP contribution in [0.1, 0.15) is 34.6 Å². The van der Waals surface area contributed by atoms with Gasteiger partial charge in [-0.1, -0.05) is 13.8 Å². The van der Waals surface area contributed by atoms with E-state index in [0.717, 1.165) is 32.1 Å². The summed E-state index contributed by atoms with van der Waals surface area (Å²) in [5.41, 5.74) is 0. The number of nitrogens with zero attached hydrogens (tertiary/aromatic N) is 2. The van der Waals surface area contributed by atoms with Crippen LogP contribution in [0.5, 0.6) is 0 Å². The van der Waals surface area contributed by atoms with E-state index in [1.807, 2.05) is 18.8 Å². The molecule has 5 heteroatoms. The molecule has 0 saturated heterocycles. The zero-order chi connectivity index (χ0) is 14.9. The molecule has 0 spiro atoms. The van der Waals surface area contributed by atoms with Gasteiger partial charge in [-0.15, -0.1) is 0 Å². The Kier molecular flexibility index (Phi) is 9.27. The van der Waals surface area contributed by atoms with Crippen LogP contribution in [0.2, 0.25) is 0 Å². The molecule has 114 valence electrons. The Bertz CT molecular complexity index is 262. The van der Waals surface area contributed by atoms with E-state index in [4.69, 9.17) is 0 Å². The number of likely N-dealkylation sites (N-methyl/N-ethyl adjacent to an activating group) is 1. The highest BCUT2D eigenvalue weighted by atomic mass is 32.2. The van der Waals surface area contributed by atoms with Gasteiger partial charge in [0.25, 0.3) is 0 Å². The molecule has 0 aliphatic carbocycles. The van der Waals surface area contributed by atoms with Crippen molar-refractivity contribution in [3.8, 4) is 0 Å². The average molecular weight is 289 g/mol. The van der Waals surface area contributed by atoms with Gasteiger partial charge < -0.3 is 10.6 Å². The fourth-order valence-electron chi connectivity index (χ4n) is 1.81. The van der Waals surface area contributed by atoms with Crippen molar-refractivity contribution in [2.45, 2.75) is 45.4 Å². The minimum Gasteiger partial charge on any atom is -0.355 e. The van der Waals surface area contributed by atoms with Crippen LogP contribution in [-0.2, 0) is 0 Å². The van der Waals surface area contributed by atoms with Gasteiger partial charge in [-0.3, -0.25) is 9.89 Å². The maximum absolute atomic E-state index is 4.28. The van der Waals surface area contributed by atoms with Crippen molar-refractivity contribution in [1.29, 1.82) is 0 Å². The number of guanidine groups is 1. The van der Waals surface area contributed by atoms with Crippen LogP contribution in [0.25, 0.3) is 0 Å². The molecule has 0 radical (unpaired) electrons. The first-order chi connectivity index (χ1) is 8.90. The third-order valence-corrected chi connectivity index (χ3v) is 4.71. The van der Waals surface area contributed by atoms with Crippen molar-refractivity contribution in [2.24, 2.45) is 4.99 Å². The lowest BCUT2D eigenvalue weighted by Crippen LogP contribution is -2.48. The molecule has 2 N–H and O–H groups in total. The van der Waals surface area contributed by atoms with Crippen molar-refractivity contribution in [3.63, 3.8) is 0 Å². The first-order valence-electron chi connectivity index (χ1n) is 7.13. The normalized spacial score (nSPS) is 14.6. The lowest BCUT2D eigenvalue weighted by molar-refractivity contribution is 0.231. The molecule has 0 amide bonds. The molecule has 0 aromatic rings. The molecule has 0 fully saturated rings. The molecule has 0 bridgehead atoms. The number of hydrogen-bond acceptors (Lipinski definition) is 3. The molecule has 1 atom stereocenters. The predicted octanol–water partition coefficient (Wildman–Crippen LogP) is 2.02. The van der Waals surface area contributed by atoms with Gasteiger partial charge in [-0.25, -0.2) is 0 Å². The quantitative estimate of drug-likeness (QED) is 0.529. The van der Waals surface area contributed by atoms with Crippen LogP contribution in [-0.4, -0.2) is 61.1 Å². The van der Waals surface area contributed by atoms with Gasteiger partial charge in [-0.2, -0.15) is 11.8 Å². The third-order valence-electron chi connectivity index (χ3n) is 3.46. The van der Waals surface area contributed by atoms with Crippen LogP contribution in [0.3, 0.4) is 0 Å². The minimum absolute atomic E-state index is 0.224. The highest BCUT2D eigenvalue weighted by Crippen LogP contribution is 2.19. The summed E-state index contributed by atoms with van der Waals surface area (Å²) < 4.78 is 0.224. The van der Waals surface area contributed by atoms with Crippen LogP contribution >= 0.6 is 11.8 Å². The second-order valence-electron chi connectivity index (χ2n) is 5.34. The summed E-state index contributed by atoms with van der Waals surface area (Å²) in [6, 6.07) is 0.516. The second-order valence-corrected chi connectivity index (χ2v) is 6.85. The number of thioether (sulfide) groups is 1. The molecular weight excluding hydrogens is 256 g/mol. The molecule has 0 aromatic heterocycles. The van der Waals surface area contributed by atoms with Crippen molar-refractivity contribution in [1.82, 2.24) is 15.5 Å². The first kappa shape index (κ1) is 18.6. The van der Waals surface area contributed by atoms with Gasteiger partial charge in [0.15, 0.2) is 5.96 Å². The monoisotopic (exact) mass is 288 g/mol. The number of hydrogen-bond donors (Lipinski definition) is 2. The SMILES string of the molecule is CCN(CC)C(C)CNC(=NC)NCC(C)(C)SC. The van der Waals surface area contributed by atoms with Crippen molar-refractivity contribution in [2.75, 3.05) is 39.5 Å². The Balaban J connectivity index is 4.15. The summed E-state index contributed by atoms with van der Waals surface area (Å²) >= 11 is 1.86. The topological polar surface area (TPSA) is 39.7 Å². The standard InChI is InChI=1S/C14H32N4S/c1-8-18(9-2)12(3)10-16-13(15-6)17-11-14(4,5)19-7/h12H,8-11H2,1-7H3,(H2,15,16,17). The van der Waals surface area contributed by atoms with Gasteiger partial charge in [0.1, 0.15) is 0 Å². The maximum atomic E-state index is 4.28. The highest BCUT2D eigenvalue weighted by molar-refractivity contribution is 7.99. The molecule has 0 aromatic carbocycles. The highest BCUT2D eigenvalue weighted by Gasteiger charge is 2.16. The Morgan fingerprint density at radius 1 is 1.26 bits per heavy atom. The zero-order valence-electron chi connectivity index (χ0n) is 13.7. The Morgan fingerprint density at radius 2 is 1.84 bits per heavy atom. The van der Waals surface area contributed by atoms with Crippen LogP contribution in [0, 0.1) is 0 Å². The molecule has 1 unspecified atom stereocenters. The Morgan fingerprint density at radius 3 is 2.26 bits per heavy atom.